The third kappa shape index (κ3) is 4.24. The molecule has 0 fully saturated rings. The van der Waals surface area contributed by atoms with Gasteiger partial charge < -0.3 is 19.7 Å². The van der Waals surface area contributed by atoms with E-state index in [0.717, 1.165) is 32.7 Å². The Balaban J connectivity index is 1.90. The van der Waals surface area contributed by atoms with Crippen molar-refractivity contribution >= 4 is 21.5 Å². The highest BCUT2D eigenvalue weighted by Gasteiger charge is 2.17. The van der Waals surface area contributed by atoms with Gasteiger partial charge in [0.25, 0.3) is 0 Å². The molecule has 0 aliphatic rings. The predicted molar refractivity (Wildman–Crippen MR) is 128 cm³/mol. The van der Waals surface area contributed by atoms with Gasteiger partial charge in [-0.3, -0.25) is 0 Å². The molecule has 0 aromatic heterocycles. The Morgan fingerprint density at radius 3 is 1.47 bits per heavy atom. The van der Waals surface area contributed by atoms with Crippen LogP contribution in [0.1, 0.15) is 11.1 Å². The average molecular weight is 422 g/mol. The summed E-state index contributed by atoms with van der Waals surface area (Å²) in [7, 11) is 3.21. The van der Waals surface area contributed by atoms with E-state index in [0.29, 0.717) is 24.3 Å². The minimum absolute atomic E-state index is 0.0995. The van der Waals surface area contributed by atoms with Crippen LogP contribution in [0.25, 0.3) is 32.7 Å². The van der Waals surface area contributed by atoms with E-state index in [9.17, 15) is 10.2 Å². The van der Waals surface area contributed by atoms with Crippen LogP contribution >= 0.6 is 0 Å². The second-order valence-corrected chi connectivity index (χ2v) is 7.26. The number of aromatic hydroxyl groups is 2. The zero-order chi connectivity index (χ0) is 22.5. The number of benzene rings is 4. The van der Waals surface area contributed by atoms with Crippen LogP contribution < -0.4 is 0 Å². The summed E-state index contributed by atoms with van der Waals surface area (Å²) in [4.78, 5) is 0. The van der Waals surface area contributed by atoms with Gasteiger partial charge in [0.1, 0.15) is 24.7 Å². The summed E-state index contributed by atoms with van der Waals surface area (Å²) in [6.45, 7) is 0.723. The predicted octanol–water partition coefficient (Wildman–Crippen LogP) is 5.07. The fraction of sp³-hybridized carbons (Fsp3) is 0.143. The number of rotatable bonds is 3. The molecule has 0 heterocycles. The van der Waals surface area contributed by atoms with Crippen LogP contribution in [0, 0.1) is 23.7 Å². The number of fused-ring (bicyclic) bond motifs is 2. The van der Waals surface area contributed by atoms with Gasteiger partial charge in [-0.2, -0.15) is 0 Å². The molecule has 158 valence electrons. The molecule has 0 saturated carbocycles. The zero-order valence-electron chi connectivity index (χ0n) is 17.9. The highest BCUT2D eigenvalue weighted by atomic mass is 16.5. The molecular formula is C28H22O4. The van der Waals surface area contributed by atoms with Crippen LogP contribution in [0.3, 0.4) is 0 Å². The fourth-order valence-corrected chi connectivity index (χ4v) is 3.74. The summed E-state index contributed by atoms with van der Waals surface area (Å²) < 4.78 is 9.97. The molecule has 4 aromatic carbocycles. The smallest absolute Gasteiger partial charge is 0.124 e. The van der Waals surface area contributed by atoms with Crippen LogP contribution in [0.2, 0.25) is 0 Å². The first kappa shape index (κ1) is 21.3. The molecule has 0 amide bonds. The standard InChI is InChI=1S/C28H22O4/c1-31-15-3-5-19-7-11-23-21(17-19)9-13-25(29)27(23)28-24-12-8-20(6-4-16-32-2)18-22(24)10-14-26(28)30/h7-14,17-18,29-30H,15-16H2,1-2H3. The van der Waals surface area contributed by atoms with E-state index >= 15 is 0 Å². The SMILES string of the molecule is COCC#Cc1ccc2c(-c3c(O)ccc4cc(C#CCOC)ccc34)c(O)ccc2c1. The Morgan fingerprint density at radius 1 is 0.625 bits per heavy atom. The summed E-state index contributed by atoms with van der Waals surface area (Å²) in [5, 5.41) is 25.1. The van der Waals surface area contributed by atoms with E-state index in [1.807, 2.05) is 48.5 Å². The largest absolute Gasteiger partial charge is 0.507 e. The van der Waals surface area contributed by atoms with Gasteiger partial charge in [-0.15, -0.1) is 0 Å². The topological polar surface area (TPSA) is 58.9 Å². The Morgan fingerprint density at radius 2 is 1.06 bits per heavy atom. The molecule has 0 spiro atoms. The van der Waals surface area contributed by atoms with E-state index in [1.54, 1.807) is 26.4 Å². The van der Waals surface area contributed by atoms with E-state index in [1.165, 1.54) is 0 Å². The summed E-state index contributed by atoms with van der Waals surface area (Å²) in [6, 6.07) is 18.6. The minimum atomic E-state index is 0.0995. The van der Waals surface area contributed by atoms with Crippen LogP contribution in [-0.4, -0.2) is 37.6 Å². The number of phenolic OH excluding ortho intramolecular Hbond substituents is 2. The first-order valence-electron chi connectivity index (χ1n) is 10.1. The third-order valence-electron chi connectivity index (χ3n) is 5.14. The van der Waals surface area contributed by atoms with Gasteiger partial charge >= 0.3 is 0 Å². The Bertz CT molecular complexity index is 1320. The lowest BCUT2D eigenvalue weighted by molar-refractivity contribution is 0.239. The second-order valence-electron chi connectivity index (χ2n) is 7.26. The van der Waals surface area contributed by atoms with Gasteiger partial charge in [-0.1, -0.05) is 47.9 Å². The molecule has 0 atom stereocenters. The quantitative estimate of drug-likeness (QED) is 0.453. The fourth-order valence-electron chi connectivity index (χ4n) is 3.74. The summed E-state index contributed by atoms with van der Waals surface area (Å²) in [6.07, 6.45) is 0. The van der Waals surface area contributed by atoms with Gasteiger partial charge in [-0.05, 0) is 57.9 Å². The molecule has 0 aliphatic carbocycles. The van der Waals surface area contributed by atoms with Crippen molar-refractivity contribution in [2.24, 2.45) is 0 Å². The maximum Gasteiger partial charge on any atom is 0.124 e. The highest BCUT2D eigenvalue weighted by Crippen LogP contribution is 2.44. The summed E-state index contributed by atoms with van der Waals surface area (Å²) >= 11 is 0. The number of methoxy groups -OCH3 is 2. The van der Waals surface area contributed by atoms with Crippen LogP contribution in [0.15, 0.2) is 60.7 Å². The molecule has 4 aromatic rings. The molecule has 0 radical (unpaired) electrons. The maximum absolute atomic E-state index is 10.8. The Kier molecular flexibility index (Phi) is 6.29. The monoisotopic (exact) mass is 422 g/mol. The molecule has 0 unspecified atom stereocenters. The molecule has 4 heteroatoms. The van der Waals surface area contributed by atoms with Crippen LogP contribution in [0.4, 0.5) is 0 Å². The van der Waals surface area contributed by atoms with Crippen molar-refractivity contribution < 1.29 is 19.7 Å². The van der Waals surface area contributed by atoms with Gasteiger partial charge in [0.15, 0.2) is 0 Å². The van der Waals surface area contributed by atoms with Gasteiger partial charge in [0, 0.05) is 36.5 Å². The molecular weight excluding hydrogens is 400 g/mol. The van der Waals surface area contributed by atoms with Crippen molar-refractivity contribution in [3.8, 4) is 46.3 Å². The van der Waals surface area contributed by atoms with Gasteiger partial charge in [-0.25, -0.2) is 0 Å². The molecule has 0 bridgehead atoms. The van der Waals surface area contributed by atoms with Gasteiger partial charge in [0.2, 0.25) is 0 Å². The van der Waals surface area contributed by atoms with E-state index in [4.69, 9.17) is 9.47 Å². The van der Waals surface area contributed by atoms with Crippen molar-refractivity contribution in [1.82, 2.24) is 0 Å². The van der Waals surface area contributed by atoms with Crippen molar-refractivity contribution in [2.75, 3.05) is 27.4 Å². The molecule has 2 N–H and O–H groups in total. The van der Waals surface area contributed by atoms with Crippen LogP contribution in [0.5, 0.6) is 11.5 Å². The van der Waals surface area contributed by atoms with E-state index in [2.05, 4.69) is 23.7 Å². The van der Waals surface area contributed by atoms with Crippen molar-refractivity contribution in [1.29, 1.82) is 0 Å². The van der Waals surface area contributed by atoms with E-state index in [-0.39, 0.29) is 11.5 Å². The first-order chi connectivity index (χ1) is 15.6. The lowest BCUT2D eigenvalue weighted by Crippen LogP contribution is -1.89. The number of hydrogen-bond acceptors (Lipinski definition) is 4. The summed E-state index contributed by atoms with van der Waals surface area (Å²) in [5.74, 6) is 12.2. The molecule has 4 nitrogen and oxygen atoms in total. The zero-order valence-corrected chi connectivity index (χ0v) is 17.9. The Hall–Kier alpha value is -3.96. The minimum Gasteiger partial charge on any atom is -0.507 e. The number of ether oxygens (including phenoxy) is 2. The van der Waals surface area contributed by atoms with Crippen molar-refractivity contribution in [2.45, 2.75) is 0 Å². The first-order valence-corrected chi connectivity index (χ1v) is 10.1. The third-order valence-corrected chi connectivity index (χ3v) is 5.14. The highest BCUT2D eigenvalue weighted by molar-refractivity contribution is 6.09. The number of phenols is 2. The number of hydrogen-bond donors (Lipinski definition) is 2. The van der Waals surface area contributed by atoms with Gasteiger partial charge in [0.05, 0.1) is 0 Å². The molecule has 4 rings (SSSR count). The average Bonchev–Trinajstić information content (AvgIpc) is 2.80. The van der Waals surface area contributed by atoms with E-state index < -0.39 is 0 Å². The molecule has 0 aliphatic heterocycles. The van der Waals surface area contributed by atoms with Crippen molar-refractivity contribution in [3.63, 3.8) is 0 Å². The summed E-state index contributed by atoms with van der Waals surface area (Å²) in [5.41, 5.74) is 2.88. The lowest BCUT2D eigenvalue weighted by Gasteiger charge is -2.14. The maximum atomic E-state index is 10.8. The van der Waals surface area contributed by atoms with Crippen molar-refractivity contribution in [3.05, 3.63) is 71.8 Å². The molecule has 32 heavy (non-hydrogen) atoms. The van der Waals surface area contributed by atoms with Crippen LogP contribution in [-0.2, 0) is 9.47 Å². The normalized spacial score (nSPS) is 10.4. The lowest BCUT2D eigenvalue weighted by atomic mass is 9.91. The Labute approximate surface area is 187 Å². The molecule has 0 saturated heterocycles. The second kappa shape index (κ2) is 9.45.